The summed E-state index contributed by atoms with van der Waals surface area (Å²) in [4.78, 5) is 0. The Morgan fingerprint density at radius 2 is 2.00 bits per heavy atom. The van der Waals surface area contributed by atoms with Crippen molar-refractivity contribution in [2.45, 2.75) is 37.5 Å². The highest BCUT2D eigenvalue weighted by Crippen LogP contribution is 2.43. The van der Waals surface area contributed by atoms with Crippen molar-refractivity contribution in [2.75, 3.05) is 13.7 Å². The van der Waals surface area contributed by atoms with E-state index >= 15 is 0 Å². The highest BCUT2D eigenvalue weighted by molar-refractivity contribution is 5.41. The van der Waals surface area contributed by atoms with E-state index in [4.69, 9.17) is 10.5 Å². The highest BCUT2D eigenvalue weighted by atomic mass is 19.1. The van der Waals surface area contributed by atoms with Gasteiger partial charge < -0.3 is 10.5 Å². The standard InChI is InChI=1S/C14H20FNO/c1-17-12-7-5-6-11(15)13(12)14(10-16)8-3-2-4-9-14/h5-7H,2-4,8-10,16H2,1H3. The first-order valence-electron chi connectivity index (χ1n) is 6.26. The Hall–Kier alpha value is -1.09. The Morgan fingerprint density at radius 1 is 1.29 bits per heavy atom. The van der Waals surface area contributed by atoms with Crippen molar-refractivity contribution < 1.29 is 9.13 Å². The molecule has 2 rings (SSSR count). The Bertz CT molecular complexity index is 386. The molecule has 0 bridgehead atoms. The molecule has 1 aromatic carbocycles. The van der Waals surface area contributed by atoms with Gasteiger partial charge in [-0.25, -0.2) is 4.39 Å². The van der Waals surface area contributed by atoms with Crippen LogP contribution in [0.15, 0.2) is 18.2 Å². The topological polar surface area (TPSA) is 35.2 Å². The molecular weight excluding hydrogens is 217 g/mol. The summed E-state index contributed by atoms with van der Waals surface area (Å²) in [6, 6.07) is 5.01. The minimum Gasteiger partial charge on any atom is -0.496 e. The van der Waals surface area contributed by atoms with Gasteiger partial charge in [-0.1, -0.05) is 25.3 Å². The molecule has 0 heterocycles. The number of halogens is 1. The van der Waals surface area contributed by atoms with Crippen LogP contribution in [-0.4, -0.2) is 13.7 Å². The summed E-state index contributed by atoms with van der Waals surface area (Å²) in [5, 5.41) is 0. The van der Waals surface area contributed by atoms with E-state index in [1.165, 1.54) is 12.5 Å². The molecule has 2 nitrogen and oxygen atoms in total. The maximum atomic E-state index is 14.1. The largest absolute Gasteiger partial charge is 0.496 e. The summed E-state index contributed by atoms with van der Waals surface area (Å²) >= 11 is 0. The zero-order valence-electron chi connectivity index (χ0n) is 10.3. The number of hydrogen-bond acceptors (Lipinski definition) is 2. The molecule has 0 spiro atoms. The molecule has 1 aliphatic carbocycles. The normalized spacial score (nSPS) is 19.0. The molecule has 1 saturated carbocycles. The van der Waals surface area contributed by atoms with E-state index < -0.39 is 0 Å². The number of hydrogen-bond donors (Lipinski definition) is 1. The van der Waals surface area contributed by atoms with Gasteiger partial charge in [-0.15, -0.1) is 0 Å². The molecule has 1 aromatic rings. The van der Waals surface area contributed by atoms with Gasteiger partial charge in [-0.05, 0) is 25.0 Å². The maximum Gasteiger partial charge on any atom is 0.130 e. The summed E-state index contributed by atoms with van der Waals surface area (Å²) in [6.45, 7) is 0.490. The molecule has 3 heteroatoms. The lowest BCUT2D eigenvalue weighted by Crippen LogP contribution is -2.38. The number of ether oxygens (including phenoxy) is 1. The van der Waals surface area contributed by atoms with Crippen LogP contribution in [0.3, 0.4) is 0 Å². The van der Waals surface area contributed by atoms with Gasteiger partial charge in [0.2, 0.25) is 0 Å². The monoisotopic (exact) mass is 237 g/mol. The van der Waals surface area contributed by atoms with E-state index in [9.17, 15) is 4.39 Å². The molecule has 0 aromatic heterocycles. The lowest BCUT2D eigenvalue weighted by atomic mass is 9.69. The first-order chi connectivity index (χ1) is 8.23. The van der Waals surface area contributed by atoms with Crippen LogP contribution in [0.5, 0.6) is 5.75 Å². The van der Waals surface area contributed by atoms with Gasteiger partial charge in [0, 0.05) is 17.5 Å². The van der Waals surface area contributed by atoms with Crippen LogP contribution in [0, 0.1) is 5.82 Å². The first-order valence-corrected chi connectivity index (χ1v) is 6.26. The summed E-state index contributed by atoms with van der Waals surface area (Å²) in [7, 11) is 1.59. The Morgan fingerprint density at radius 3 is 2.59 bits per heavy atom. The molecule has 2 N–H and O–H groups in total. The van der Waals surface area contributed by atoms with Crippen molar-refractivity contribution in [3.63, 3.8) is 0 Å². The Kier molecular flexibility index (Phi) is 3.67. The van der Waals surface area contributed by atoms with Gasteiger partial charge in [0.25, 0.3) is 0 Å². The summed E-state index contributed by atoms with van der Waals surface area (Å²) < 4.78 is 19.4. The number of nitrogens with two attached hydrogens (primary N) is 1. The van der Waals surface area contributed by atoms with E-state index in [0.717, 1.165) is 25.7 Å². The quantitative estimate of drug-likeness (QED) is 0.877. The van der Waals surface area contributed by atoms with Gasteiger partial charge in [0.05, 0.1) is 7.11 Å². The van der Waals surface area contributed by atoms with Crippen molar-refractivity contribution in [3.05, 3.63) is 29.6 Å². The van der Waals surface area contributed by atoms with Crippen LogP contribution in [0.25, 0.3) is 0 Å². The fraction of sp³-hybridized carbons (Fsp3) is 0.571. The molecule has 94 valence electrons. The third-order valence-electron chi connectivity index (χ3n) is 3.93. The van der Waals surface area contributed by atoms with Crippen LogP contribution in [0.4, 0.5) is 4.39 Å². The third kappa shape index (κ3) is 2.16. The molecule has 0 radical (unpaired) electrons. The first kappa shape index (κ1) is 12.4. The number of benzene rings is 1. The van der Waals surface area contributed by atoms with Gasteiger partial charge in [0.15, 0.2) is 0 Å². The second-order valence-electron chi connectivity index (χ2n) is 4.86. The predicted octanol–water partition coefficient (Wildman–Crippen LogP) is 2.99. The van der Waals surface area contributed by atoms with Crippen molar-refractivity contribution >= 4 is 0 Å². The van der Waals surface area contributed by atoms with Gasteiger partial charge in [-0.3, -0.25) is 0 Å². The van der Waals surface area contributed by atoms with E-state index in [1.807, 2.05) is 6.07 Å². The number of rotatable bonds is 3. The van der Waals surface area contributed by atoms with Crippen LogP contribution >= 0.6 is 0 Å². The van der Waals surface area contributed by atoms with Crippen molar-refractivity contribution in [2.24, 2.45) is 5.73 Å². The molecule has 0 aliphatic heterocycles. The molecule has 0 amide bonds. The molecule has 0 atom stereocenters. The van der Waals surface area contributed by atoms with Gasteiger partial charge in [0.1, 0.15) is 11.6 Å². The van der Waals surface area contributed by atoms with E-state index in [2.05, 4.69) is 0 Å². The summed E-state index contributed by atoms with van der Waals surface area (Å²) in [5.41, 5.74) is 6.40. The van der Waals surface area contributed by atoms with E-state index in [-0.39, 0.29) is 11.2 Å². The van der Waals surface area contributed by atoms with Crippen LogP contribution in [-0.2, 0) is 5.41 Å². The van der Waals surface area contributed by atoms with Crippen LogP contribution < -0.4 is 10.5 Å². The van der Waals surface area contributed by atoms with Crippen LogP contribution in [0.2, 0.25) is 0 Å². The summed E-state index contributed by atoms with van der Waals surface area (Å²) in [5.74, 6) is 0.453. The minimum atomic E-state index is -0.227. The Labute approximate surface area is 102 Å². The molecule has 1 fully saturated rings. The molecule has 1 aliphatic rings. The lowest BCUT2D eigenvalue weighted by molar-refractivity contribution is 0.278. The van der Waals surface area contributed by atoms with Gasteiger partial charge in [-0.2, -0.15) is 0 Å². The Balaban J connectivity index is 2.49. The maximum absolute atomic E-state index is 14.1. The molecule has 0 unspecified atom stereocenters. The SMILES string of the molecule is COc1cccc(F)c1C1(CN)CCCCC1. The summed E-state index contributed by atoms with van der Waals surface area (Å²) in [6.07, 6.45) is 5.38. The fourth-order valence-electron chi connectivity index (χ4n) is 2.97. The average Bonchev–Trinajstić information content (AvgIpc) is 2.39. The predicted molar refractivity (Wildman–Crippen MR) is 66.8 cm³/mol. The minimum absolute atomic E-state index is 0.184. The van der Waals surface area contributed by atoms with E-state index in [0.29, 0.717) is 17.9 Å². The van der Waals surface area contributed by atoms with Crippen molar-refractivity contribution in [3.8, 4) is 5.75 Å². The lowest BCUT2D eigenvalue weighted by Gasteiger charge is -2.37. The fourth-order valence-corrected chi connectivity index (χ4v) is 2.97. The zero-order valence-corrected chi connectivity index (χ0v) is 10.3. The smallest absolute Gasteiger partial charge is 0.130 e. The highest BCUT2D eigenvalue weighted by Gasteiger charge is 2.37. The molecular formula is C14H20FNO. The average molecular weight is 237 g/mol. The van der Waals surface area contributed by atoms with Crippen molar-refractivity contribution in [1.29, 1.82) is 0 Å². The van der Waals surface area contributed by atoms with Crippen LogP contribution in [0.1, 0.15) is 37.7 Å². The second-order valence-corrected chi connectivity index (χ2v) is 4.86. The van der Waals surface area contributed by atoms with Crippen molar-refractivity contribution in [1.82, 2.24) is 0 Å². The zero-order chi connectivity index (χ0) is 12.3. The van der Waals surface area contributed by atoms with Gasteiger partial charge >= 0.3 is 0 Å². The molecule has 0 saturated heterocycles. The second kappa shape index (κ2) is 5.05. The third-order valence-corrected chi connectivity index (χ3v) is 3.93. The molecule has 17 heavy (non-hydrogen) atoms. The van der Waals surface area contributed by atoms with E-state index in [1.54, 1.807) is 13.2 Å². The number of methoxy groups -OCH3 is 1.